The van der Waals surface area contributed by atoms with Crippen molar-refractivity contribution in [1.82, 2.24) is 0 Å². The Morgan fingerprint density at radius 2 is 2.21 bits per heavy atom. The minimum Gasteiger partial charge on any atom is -0.375 e. The van der Waals surface area contributed by atoms with Gasteiger partial charge in [-0.2, -0.15) is 5.26 Å². The molecule has 0 fully saturated rings. The molecule has 14 heavy (non-hydrogen) atoms. The van der Waals surface area contributed by atoms with Crippen LogP contribution in [-0.4, -0.2) is 10.7 Å². The molecule has 2 rings (SSSR count). The zero-order valence-corrected chi connectivity index (χ0v) is 7.63. The molecule has 0 amide bonds. The summed E-state index contributed by atoms with van der Waals surface area (Å²) in [6.45, 7) is 0. The number of benzene rings is 1. The maximum atomic E-state index is 12.9. The van der Waals surface area contributed by atoms with Crippen LogP contribution in [0.1, 0.15) is 17.5 Å². The molecule has 0 aliphatic heterocycles. The first kappa shape index (κ1) is 9.17. The average Bonchev–Trinajstić information content (AvgIpc) is 2.17. The normalized spacial score (nSPS) is 25.2. The second-order valence-corrected chi connectivity index (χ2v) is 3.73. The van der Waals surface area contributed by atoms with E-state index in [9.17, 15) is 9.50 Å². The molecule has 72 valence electrons. The molecular formula is C11H10FNO. The van der Waals surface area contributed by atoms with E-state index in [0.717, 1.165) is 11.1 Å². The molecule has 0 radical (unpaired) electrons. The summed E-state index contributed by atoms with van der Waals surface area (Å²) in [6.07, 6.45) is 1.30. The van der Waals surface area contributed by atoms with E-state index in [1.54, 1.807) is 6.07 Å². The zero-order chi connectivity index (χ0) is 10.2. The number of halogens is 1. The van der Waals surface area contributed by atoms with Gasteiger partial charge in [-0.05, 0) is 36.1 Å². The Bertz CT molecular complexity index is 410. The molecule has 2 nitrogen and oxygen atoms in total. The van der Waals surface area contributed by atoms with Crippen molar-refractivity contribution in [2.45, 2.75) is 24.9 Å². The number of nitrogens with zero attached hydrogens (tertiary/aromatic N) is 1. The van der Waals surface area contributed by atoms with Gasteiger partial charge in [0.25, 0.3) is 0 Å². The topological polar surface area (TPSA) is 44.0 Å². The van der Waals surface area contributed by atoms with Crippen LogP contribution in [-0.2, 0) is 12.8 Å². The van der Waals surface area contributed by atoms with Crippen molar-refractivity contribution in [3.8, 4) is 6.07 Å². The maximum absolute atomic E-state index is 12.9. The maximum Gasteiger partial charge on any atom is 0.155 e. The van der Waals surface area contributed by atoms with E-state index in [1.165, 1.54) is 12.1 Å². The van der Waals surface area contributed by atoms with E-state index in [4.69, 9.17) is 5.26 Å². The highest BCUT2D eigenvalue weighted by molar-refractivity contribution is 5.34. The number of nitriles is 1. The van der Waals surface area contributed by atoms with Gasteiger partial charge >= 0.3 is 0 Å². The SMILES string of the molecule is N#CC1(O)CCc2ccc(F)cc2C1. The largest absolute Gasteiger partial charge is 0.375 e. The third-order valence-corrected chi connectivity index (χ3v) is 2.67. The standard InChI is InChI=1S/C11H10FNO/c12-10-2-1-8-3-4-11(14,7-13)6-9(8)5-10/h1-2,5,14H,3-4,6H2. The Kier molecular flexibility index (Phi) is 2.01. The number of fused-ring (bicyclic) bond motifs is 1. The Morgan fingerprint density at radius 3 is 2.93 bits per heavy atom. The highest BCUT2D eigenvalue weighted by Crippen LogP contribution is 2.28. The molecule has 0 saturated carbocycles. The van der Waals surface area contributed by atoms with Gasteiger partial charge in [0.05, 0.1) is 6.07 Å². The summed E-state index contributed by atoms with van der Waals surface area (Å²) in [5.74, 6) is -0.314. The predicted molar refractivity (Wildman–Crippen MR) is 49.0 cm³/mol. The molecule has 0 spiro atoms. The number of aryl methyl sites for hydroxylation is 1. The number of aliphatic hydroxyl groups is 1. The van der Waals surface area contributed by atoms with Crippen molar-refractivity contribution in [3.63, 3.8) is 0 Å². The van der Waals surface area contributed by atoms with Crippen molar-refractivity contribution in [1.29, 1.82) is 5.26 Å². The summed E-state index contributed by atoms with van der Waals surface area (Å²) in [6, 6.07) is 6.41. The molecule has 1 aliphatic rings. The molecule has 1 N–H and O–H groups in total. The van der Waals surface area contributed by atoms with E-state index in [1.807, 2.05) is 6.07 Å². The minimum absolute atomic E-state index is 0.233. The molecule has 0 bridgehead atoms. The lowest BCUT2D eigenvalue weighted by molar-refractivity contribution is 0.0839. The lowest BCUT2D eigenvalue weighted by atomic mass is 9.81. The van der Waals surface area contributed by atoms with E-state index in [-0.39, 0.29) is 12.2 Å². The average molecular weight is 191 g/mol. The van der Waals surface area contributed by atoms with Crippen LogP contribution in [0.4, 0.5) is 4.39 Å². The summed E-state index contributed by atoms with van der Waals surface area (Å²) < 4.78 is 12.9. The molecule has 1 aliphatic carbocycles. The number of hydrogen-bond donors (Lipinski definition) is 1. The monoisotopic (exact) mass is 191 g/mol. The van der Waals surface area contributed by atoms with Crippen LogP contribution < -0.4 is 0 Å². The Hall–Kier alpha value is -1.40. The van der Waals surface area contributed by atoms with Crippen LogP contribution in [0.3, 0.4) is 0 Å². The fraction of sp³-hybridized carbons (Fsp3) is 0.364. The first-order valence-corrected chi connectivity index (χ1v) is 4.54. The van der Waals surface area contributed by atoms with Crippen molar-refractivity contribution >= 4 is 0 Å². The first-order valence-electron chi connectivity index (χ1n) is 4.54. The van der Waals surface area contributed by atoms with Gasteiger partial charge in [-0.25, -0.2) is 4.39 Å². The second kappa shape index (κ2) is 3.07. The van der Waals surface area contributed by atoms with Gasteiger partial charge in [0.1, 0.15) is 5.82 Å². The van der Waals surface area contributed by atoms with E-state index < -0.39 is 5.60 Å². The molecule has 1 unspecified atom stereocenters. The third-order valence-electron chi connectivity index (χ3n) is 2.67. The van der Waals surface area contributed by atoms with Crippen molar-refractivity contribution in [2.24, 2.45) is 0 Å². The summed E-state index contributed by atoms with van der Waals surface area (Å²) in [7, 11) is 0. The smallest absolute Gasteiger partial charge is 0.155 e. The summed E-state index contributed by atoms with van der Waals surface area (Å²) in [5.41, 5.74) is 0.479. The van der Waals surface area contributed by atoms with Crippen LogP contribution in [0.5, 0.6) is 0 Å². The lowest BCUT2D eigenvalue weighted by Gasteiger charge is -2.27. The second-order valence-electron chi connectivity index (χ2n) is 3.73. The molecule has 0 aromatic heterocycles. The Morgan fingerprint density at radius 1 is 1.43 bits per heavy atom. The van der Waals surface area contributed by atoms with E-state index in [2.05, 4.69) is 0 Å². The molecule has 1 aromatic carbocycles. The molecule has 0 saturated heterocycles. The van der Waals surface area contributed by atoms with Crippen molar-refractivity contribution < 1.29 is 9.50 Å². The number of rotatable bonds is 0. The van der Waals surface area contributed by atoms with Crippen molar-refractivity contribution in [2.75, 3.05) is 0 Å². The van der Waals surface area contributed by atoms with Gasteiger partial charge in [0, 0.05) is 6.42 Å². The lowest BCUT2D eigenvalue weighted by Crippen LogP contribution is -2.33. The van der Waals surface area contributed by atoms with Crippen LogP contribution in [0.25, 0.3) is 0 Å². The van der Waals surface area contributed by atoms with Crippen LogP contribution in [0, 0.1) is 17.1 Å². The highest BCUT2D eigenvalue weighted by atomic mass is 19.1. The van der Waals surface area contributed by atoms with E-state index in [0.29, 0.717) is 12.8 Å². The summed E-state index contributed by atoms with van der Waals surface area (Å²) >= 11 is 0. The fourth-order valence-corrected chi connectivity index (χ4v) is 1.84. The van der Waals surface area contributed by atoms with Gasteiger partial charge in [0.15, 0.2) is 5.60 Å². The quantitative estimate of drug-likeness (QED) is 0.632. The first-order chi connectivity index (χ1) is 6.63. The van der Waals surface area contributed by atoms with Crippen LogP contribution >= 0.6 is 0 Å². The molecular weight excluding hydrogens is 181 g/mol. The Labute approximate surface area is 81.6 Å². The van der Waals surface area contributed by atoms with Gasteiger partial charge in [-0.15, -0.1) is 0 Å². The van der Waals surface area contributed by atoms with Crippen LogP contribution in [0.2, 0.25) is 0 Å². The number of hydrogen-bond acceptors (Lipinski definition) is 2. The molecule has 1 atom stereocenters. The third kappa shape index (κ3) is 1.49. The van der Waals surface area contributed by atoms with Gasteiger partial charge in [-0.1, -0.05) is 6.07 Å². The molecule has 3 heteroatoms. The molecule has 0 heterocycles. The van der Waals surface area contributed by atoms with Gasteiger partial charge < -0.3 is 5.11 Å². The van der Waals surface area contributed by atoms with Crippen LogP contribution in [0.15, 0.2) is 18.2 Å². The Balaban J connectivity index is 2.39. The molecule has 1 aromatic rings. The fourth-order valence-electron chi connectivity index (χ4n) is 1.84. The van der Waals surface area contributed by atoms with E-state index >= 15 is 0 Å². The van der Waals surface area contributed by atoms with Crippen molar-refractivity contribution in [3.05, 3.63) is 35.1 Å². The highest BCUT2D eigenvalue weighted by Gasteiger charge is 2.31. The predicted octanol–water partition coefficient (Wildman–Crippen LogP) is 1.57. The summed E-state index contributed by atoms with van der Waals surface area (Å²) in [4.78, 5) is 0. The summed E-state index contributed by atoms with van der Waals surface area (Å²) in [5, 5.41) is 18.5. The van der Waals surface area contributed by atoms with Gasteiger partial charge in [0.2, 0.25) is 0 Å². The zero-order valence-electron chi connectivity index (χ0n) is 7.63. The minimum atomic E-state index is -1.30. The van der Waals surface area contributed by atoms with Gasteiger partial charge in [-0.3, -0.25) is 0 Å².